The van der Waals surface area contributed by atoms with E-state index in [0.717, 1.165) is 4.90 Å². The number of carbonyl (C=O) groups excluding carboxylic acids is 3. The summed E-state index contributed by atoms with van der Waals surface area (Å²) in [5.74, 6) is -0.717. The Hall–Kier alpha value is -3.84. The van der Waals surface area contributed by atoms with Crippen molar-refractivity contribution in [3.63, 3.8) is 0 Å². The molecule has 0 unspecified atom stereocenters. The maximum atomic E-state index is 12.9. The van der Waals surface area contributed by atoms with Crippen molar-refractivity contribution in [2.24, 2.45) is 0 Å². The van der Waals surface area contributed by atoms with Crippen molar-refractivity contribution >= 4 is 35.1 Å². The lowest BCUT2D eigenvalue weighted by atomic mass is 10.1. The van der Waals surface area contributed by atoms with Gasteiger partial charge in [0.15, 0.2) is 11.5 Å². The van der Waals surface area contributed by atoms with Crippen molar-refractivity contribution < 1.29 is 28.6 Å². The van der Waals surface area contributed by atoms with Crippen LogP contribution in [0.1, 0.15) is 36.6 Å². The first-order valence-corrected chi connectivity index (χ1v) is 9.98. The fraction of sp³-hybridized carbons (Fsp3) is 0.125. The number of ether oxygens (including phenoxy) is 3. The van der Waals surface area contributed by atoms with E-state index in [0.29, 0.717) is 17.1 Å². The lowest BCUT2D eigenvalue weighted by Gasteiger charge is -2.15. The van der Waals surface area contributed by atoms with Gasteiger partial charge in [0, 0.05) is 5.56 Å². The Morgan fingerprint density at radius 3 is 2.38 bits per heavy atom. The summed E-state index contributed by atoms with van der Waals surface area (Å²) in [5, 5.41) is 0.272. The summed E-state index contributed by atoms with van der Waals surface area (Å²) >= 11 is 6.17. The van der Waals surface area contributed by atoms with Crippen LogP contribution in [0, 0.1) is 0 Å². The van der Waals surface area contributed by atoms with Crippen LogP contribution >= 0.6 is 11.6 Å². The van der Waals surface area contributed by atoms with E-state index in [9.17, 15) is 14.4 Å². The van der Waals surface area contributed by atoms with Gasteiger partial charge in [-0.25, -0.2) is 9.69 Å². The molecule has 1 aliphatic rings. The number of esters is 1. The Morgan fingerprint density at radius 1 is 0.906 bits per heavy atom. The van der Waals surface area contributed by atoms with Crippen molar-refractivity contribution in [3.8, 4) is 11.5 Å². The smallest absolute Gasteiger partial charge is 0.338 e. The molecule has 0 aliphatic carbocycles. The number of methoxy groups -OCH3 is 2. The third kappa shape index (κ3) is 3.67. The van der Waals surface area contributed by atoms with Crippen LogP contribution in [0.2, 0.25) is 5.02 Å². The molecule has 4 rings (SSSR count). The summed E-state index contributed by atoms with van der Waals surface area (Å²) < 4.78 is 16.0. The van der Waals surface area contributed by atoms with Crippen molar-refractivity contribution in [1.29, 1.82) is 0 Å². The number of hydrogen-bond donors (Lipinski definition) is 0. The zero-order chi connectivity index (χ0) is 22.8. The van der Waals surface area contributed by atoms with E-state index >= 15 is 0 Å². The van der Waals surface area contributed by atoms with Crippen molar-refractivity contribution in [2.75, 3.05) is 19.1 Å². The number of benzene rings is 3. The van der Waals surface area contributed by atoms with E-state index in [4.69, 9.17) is 25.8 Å². The molecule has 3 aromatic rings. The number of imide groups is 1. The number of para-hydroxylation sites is 2. The van der Waals surface area contributed by atoms with Crippen LogP contribution in [0.5, 0.6) is 11.5 Å². The molecule has 2 amide bonds. The lowest BCUT2D eigenvalue weighted by molar-refractivity contribution is 0.0469. The zero-order valence-corrected chi connectivity index (χ0v) is 18.0. The molecular formula is C24H18ClNO6. The first kappa shape index (κ1) is 21.4. The quantitative estimate of drug-likeness (QED) is 0.405. The van der Waals surface area contributed by atoms with Gasteiger partial charge in [-0.2, -0.15) is 0 Å². The first-order chi connectivity index (χ1) is 15.5. The summed E-state index contributed by atoms with van der Waals surface area (Å²) in [6.45, 7) is -0.0606. The average Bonchev–Trinajstić information content (AvgIpc) is 3.06. The van der Waals surface area contributed by atoms with E-state index in [1.54, 1.807) is 42.5 Å². The average molecular weight is 452 g/mol. The number of hydrogen-bond acceptors (Lipinski definition) is 6. The van der Waals surface area contributed by atoms with Gasteiger partial charge < -0.3 is 14.2 Å². The van der Waals surface area contributed by atoms with Gasteiger partial charge in [-0.3, -0.25) is 9.59 Å². The maximum absolute atomic E-state index is 12.9. The van der Waals surface area contributed by atoms with Gasteiger partial charge >= 0.3 is 5.97 Å². The van der Waals surface area contributed by atoms with Crippen LogP contribution in [0.4, 0.5) is 5.69 Å². The third-order valence-corrected chi connectivity index (χ3v) is 5.38. The molecule has 7 nitrogen and oxygen atoms in total. The Morgan fingerprint density at radius 2 is 1.66 bits per heavy atom. The van der Waals surface area contributed by atoms with Gasteiger partial charge in [0.2, 0.25) is 0 Å². The van der Waals surface area contributed by atoms with Crippen molar-refractivity contribution in [3.05, 3.63) is 87.9 Å². The Labute approximate surface area is 189 Å². The third-order valence-electron chi connectivity index (χ3n) is 5.06. The summed E-state index contributed by atoms with van der Waals surface area (Å²) in [5.41, 5.74) is 1.36. The molecule has 0 atom stereocenters. The molecule has 0 bridgehead atoms. The number of fused-ring (bicyclic) bond motifs is 1. The summed E-state index contributed by atoms with van der Waals surface area (Å²) in [6, 6.07) is 16.1. The minimum Gasteiger partial charge on any atom is -0.493 e. The standard InChI is InChI=1S/C24H18ClNO6/c1-30-20-9-5-6-15(21(20)31-2)13-32-24(29)14-10-11-16-17(12-14)23(28)26(22(16)27)19-8-4-3-7-18(19)25/h3-12H,13H2,1-2H3. The van der Waals surface area contributed by atoms with Crippen LogP contribution in [-0.4, -0.2) is 32.0 Å². The molecule has 3 aromatic carbocycles. The predicted octanol–water partition coefficient (Wildman–Crippen LogP) is 4.51. The fourth-order valence-corrected chi connectivity index (χ4v) is 3.73. The number of rotatable bonds is 6. The monoisotopic (exact) mass is 451 g/mol. The van der Waals surface area contributed by atoms with Gasteiger partial charge in [-0.15, -0.1) is 0 Å². The topological polar surface area (TPSA) is 82.1 Å². The van der Waals surface area contributed by atoms with Gasteiger partial charge in [-0.1, -0.05) is 35.9 Å². The molecule has 32 heavy (non-hydrogen) atoms. The van der Waals surface area contributed by atoms with Crippen LogP contribution in [0.3, 0.4) is 0 Å². The van der Waals surface area contributed by atoms with E-state index in [2.05, 4.69) is 0 Å². The molecule has 0 saturated carbocycles. The highest BCUT2D eigenvalue weighted by Crippen LogP contribution is 2.34. The van der Waals surface area contributed by atoms with Crippen molar-refractivity contribution in [1.82, 2.24) is 0 Å². The highest BCUT2D eigenvalue weighted by atomic mass is 35.5. The second-order valence-corrected chi connectivity index (χ2v) is 7.29. The molecule has 0 radical (unpaired) electrons. The predicted molar refractivity (Wildman–Crippen MR) is 118 cm³/mol. The molecule has 0 aromatic heterocycles. The number of nitrogens with zero attached hydrogens (tertiary/aromatic N) is 1. The van der Waals surface area contributed by atoms with Gasteiger partial charge in [0.05, 0.1) is 41.6 Å². The molecule has 1 heterocycles. The number of carbonyl (C=O) groups is 3. The van der Waals surface area contributed by atoms with Crippen LogP contribution < -0.4 is 14.4 Å². The highest BCUT2D eigenvalue weighted by molar-refractivity contribution is 6.39. The van der Waals surface area contributed by atoms with Crippen LogP contribution in [0.15, 0.2) is 60.7 Å². The molecule has 8 heteroatoms. The number of amides is 2. The zero-order valence-electron chi connectivity index (χ0n) is 17.3. The van der Waals surface area contributed by atoms with Gasteiger partial charge in [0.1, 0.15) is 6.61 Å². The van der Waals surface area contributed by atoms with E-state index in [1.807, 2.05) is 0 Å². The minimum absolute atomic E-state index is 0.0606. The first-order valence-electron chi connectivity index (χ1n) is 9.60. The molecule has 1 aliphatic heterocycles. The summed E-state index contributed by atoms with van der Waals surface area (Å²) in [6.07, 6.45) is 0. The molecule has 0 N–H and O–H groups in total. The second kappa shape index (κ2) is 8.72. The minimum atomic E-state index is -0.644. The second-order valence-electron chi connectivity index (χ2n) is 6.89. The summed E-state index contributed by atoms with van der Waals surface area (Å²) in [7, 11) is 3.01. The van der Waals surface area contributed by atoms with Crippen molar-refractivity contribution in [2.45, 2.75) is 6.61 Å². The lowest BCUT2D eigenvalue weighted by Crippen LogP contribution is -2.29. The molecule has 0 spiro atoms. The molecule has 0 saturated heterocycles. The molecule has 0 fully saturated rings. The summed E-state index contributed by atoms with van der Waals surface area (Å²) in [4.78, 5) is 39.4. The van der Waals surface area contributed by atoms with E-state index in [1.165, 1.54) is 32.4 Å². The van der Waals surface area contributed by atoms with Gasteiger partial charge in [-0.05, 0) is 36.4 Å². The number of anilines is 1. The van der Waals surface area contributed by atoms with E-state index < -0.39 is 17.8 Å². The fourth-order valence-electron chi connectivity index (χ4n) is 3.51. The Balaban J connectivity index is 1.56. The molecular weight excluding hydrogens is 434 g/mol. The van der Waals surface area contributed by atoms with Gasteiger partial charge in [0.25, 0.3) is 11.8 Å². The van der Waals surface area contributed by atoms with Crippen LogP contribution in [-0.2, 0) is 11.3 Å². The SMILES string of the molecule is COc1cccc(COC(=O)c2ccc3c(c2)C(=O)N(c2ccccc2Cl)C3=O)c1OC. The van der Waals surface area contributed by atoms with Crippen LogP contribution in [0.25, 0.3) is 0 Å². The maximum Gasteiger partial charge on any atom is 0.338 e. The largest absolute Gasteiger partial charge is 0.493 e. The molecule has 162 valence electrons. The number of halogens is 1. The Kier molecular flexibility index (Phi) is 5.83. The van der Waals surface area contributed by atoms with E-state index in [-0.39, 0.29) is 34.0 Å². The highest BCUT2D eigenvalue weighted by Gasteiger charge is 2.38. The normalized spacial score (nSPS) is 12.5. The Bertz CT molecular complexity index is 1240.